The van der Waals surface area contributed by atoms with E-state index in [-0.39, 0.29) is 29.0 Å². The number of aromatic nitrogens is 2. The Bertz CT molecular complexity index is 1280. The third kappa shape index (κ3) is 5.62. The van der Waals surface area contributed by atoms with Crippen LogP contribution in [0, 0.1) is 13.8 Å². The summed E-state index contributed by atoms with van der Waals surface area (Å²) in [5, 5.41) is 7.20. The maximum Gasteiger partial charge on any atom is 0.416 e. The number of rotatable bonds is 6. The maximum atomic E-state index is 13.1. The van der Waals surface area contributed by atoms with Gasteiger partial charge < -0.3 is 5.32 Å². The lowest BCUT2D eigenvalue weighted by Gasteiger charge is -2.15. The van der Waals surface area contributed by atoms with Crippen LogP contribution in [0.1, 0.15) is 41.0 Å². The molecule has 0 saturated heterocycles. The van der Waals surface area contributed by atoms with E-state index in [4.69, 9.17) is 0 Å². The van der Waals surface area contributed by atoms with Crippen LogP contribution in [0.3, 0.4) is 0 Å². The van der Waals surface area contributed by atoms with Crippen molar-refractivity contribution in [1.82, 2.24) is 15.1 Å². The van der Waals surface area contributed by atoms with Crippen LogP contribution >= 0.6 is 0 Å². The van der Waals surface area contributed by atoms with Gasteiger partial charge in [-0.05, 0) is 56.7 Å². The van der Waals surface area contributed by atoms with E-state index in [0.717, 1.165) is 24.0 Å². The third-order valence-electron chi connectivity index (χ3n) is 5.38. The van der Waals surface area contributed by atoms with E-state index < -0.39 is 21.6 Å². The van der Waals surface area contributed by atoms with Gasteiger partial charge in [0.1, 0.15) is 0 Å². The molecule has 3 aromatic rings. The van der Waals surface area contributed by atoms with Crippen molar-refractivity contribution in [1.29, 1.82) is 0 Å². The maximum absolute atomic E-state index is 13.1. The summed E-state index contributed by atoms with van der Waals surface area (Å²) in [6.45, 7) is 5.18. The standard InChI is InChI=1S/C23H24F3N3O3S/c1-14(17-8-10-20(11-9-17)33(4,31)32)27-22(30)13-21-15(2)28-29(16(21)3)19-7-5-6-18(12-19)23(24,25)26/h5-12,14H,13H2,1-4H3,(H,27,30). The smallest absolute Gasteiger partial charge is 0.349 e. The third-order valence-corrected chi connectivity index (χ3v) is 6.51. The van der Waals surface area contributed by atoms with Gasteiger partial charge in [0.2, 0.25) is 5.91 Å². The van der Waals surface area contributed by atoms with Crippen molar-refractivity contribution in [3.05, 3.63) is 76.6 Å². The van der Waals surface area contributed by atoms with Gasteiger partial charge in [0.15, 0.2) is 9.84 Å². The molecule has 1 amide bonds. The molecule has 3 rings (SSSR count). The molecule has 1 atom stereocenters. The second-order valence-corrected chi connectivity index (χ2v) is 9.93. The van der Waals surface area contributed by atoms with E-state index in [1.165, 1.54) is 28.9 Å². The molecule has 0 bridgehead atoms. The Kier molecular flexibility index (Phi) is 6.69. The molecule has 0 radical (unpaired) electrons. The van der Waals surface area contributed by atoms with Crippen molar-refractivity contribution in [2.24, 2.45) is 0 Å². The number of nitrogens with zero attached hydrogens (tertiary/aromatic N) is 2. The molecule has 6 nitrogen and oxygen atoms in total. The van der Waals surface area contributed by atoms with Gasteiger partial charge >= 0.3 is 6.18 Å². The van der Waals surface area contributed by atoms with Crippen LogP contribution in [-0.4, -0.2) is 30.4 Å². The van der Waals surface area contributed by atoms with Gasteiger partial charge in [-0.1, -0.05) is 18.2 Å². The molecular formula is C23H24F3N3O3S. The SMILES string of the molecule is Cc1nn(-c2cccc(C(F)(F)F)c2)c(C)c1CC(=O)NC(C)c1ccc(S(C)(=O)=O)cc1. The van der Waals surface area contributed by atoms with E-state index >= 15 is 0 Å². The first-order valence-electron chi connectivity index (χ1n) is 10.1. The fourth-order valence-corrected chi connectivity index (χ4v) is 4.17. The van der Waals surface area contributed by atoms with E-state index in [9.17, 15) is 26.4 Å². The second kappa shape index (κ2) is 9.01. The number of aryl methyl sites for hydroxylation is 1. The number of alkyl halides is 3. The fourth-order valence-electron chi connectivity index (χ4n) is 3.54. The zero-order chi connectivity index (χ0) is 24.6. The number of carbonyl (C=O) groups excluding carboxylic acids is 1. The first-order chi connectivity index (χ1) is 15.3. The molecule has 1 aromatic heterocycles. The summed E-state index contributed by atoms with van der Waals surface area (Å²) in [5.74, 6) is -0.288. The molecule has 33 heavy (non-hydrogen) atoms. The Morgan fingerprint density at radius 2 is 1.76 bits per heavy atom. The number of hydrogen-bond donors (Lipinski definition) is 1. The highest BCUT2D eigenvalue weighted by Crippen LogP contribution is 2.31. The summed E-state index contributed by atoms with van der Waals surface area (Å²) in [5.41, 5.74) is 1.98. The minimum atomic E-state index is -4.47. The molecule has 2 aromatic carbocycles. The van der Waals surface area contributed by atoms with E-state index in [1.807, 2.05) is 0 Å². The average Bonchev–Trinajstić information content (AvgIpc) is 3.01. The predicted octanol–water partition coefficient (Wildman–Crippen LogP) is 4.33. The van der Waals surface area contributed by atoms with Gasteiger partial charge in [-0.2, -0.15) is 18.3 Å². The lowest BCUT2D eigenvalue weighted by molar-refractivity contribution is -0.137. The molecule has 0 spiro atoms. The molecule has 176 valence electrons. The predicted molar refractivity (Wildman–Crippen MR) is 118 cm³/mol. The van der Waals surface area contributed by atoms with Crippen LogP contribution in [-0.2, 0) is 27.2 Å². The summed E-state index contributed by atoms with van der Waals surface area (Å²) in [6.07, 6.45) is -3.34. The Morgan fingerprint density at radius 1 is 1.12 bits per heavy atom. The molecule has 0 aliphatic heterocycles. The van der Waals surface area contributed by atoms with Crippen molar-refractivity contribution in [2.75, 3.05) is 6.26 Å². The van der Waals surface area contributed by atoms with Crippen molar-refractivity contribution < 1.29 is 26.4 Å². The second-order valence-electron chi connectivity index (χ2n) is 7.92. The largest absolute Gasteiger partial charge is 0.416 e. The summed E-state index contributed by atoms with van der Waals surface area (Å²) in [4.78, 5) is 12.9. The van der Waals surface area contributed by atoms with Gasteiger partial charge in [0.05, 0.1) is 34.3 Å². The molecule has 0 fully saturated rings. The zero-order valence-electron chi connectivity index (χ0n) is 18.6. The number of carbonyl (C=O) groups is 1. The number of amides is 1. The van der Waals surface area contributed by atoms with Crippen molar-refractivity contribution in [3.63, 3.8) is 0 Å². The van der Waals surface area contributed by atoms with Crippen LogP contribution in [0.4, 0.5) is 13.2 Å². The highest BCUT2D eigenvalue weighted by Gasteiger charge is 2.31. The highest BCUT2D eigenvalue weighted by molar-refractivity contribution is 7.90. The quantitative estimate of drug-likeness (QED) is 0.571. The van der Waals surface area contributed by atoms with Gasteiger partial charge in [-0.25, -0.2) is 13.1 Å². The van der Waals surface area contributed by atoms with Crippen molar-refractivity contribution >= 4 is 15.7 Å². The number of benzene rings is 2. The summed E-state index contributed by atoms with van der Waals surface area (Å²) in [6, 6.07) is 10.7. The van der Waals surface area contributed by atoms with Gasteiger partial charge in [-0.3, -0.25) is 4.79 Å². The molecular weight excluding hydrogens is 455 g/mol. The molecule has 1 heterocycles. The van der Waals surface area contributed by atoms with Gasteiger partial charge in [-0.15, -0.1) is 0 Å². The Hall–Kier alpha value is -3.14. The number of hydrogen-bond acceptors (Lipinski definition) is 4. The van der Waals surface area contributed by atoms with Crippen molar-refractivity contribution in [3.8, 4) is 5.69 Å². The normalized spacial score (nSPS) is 13.1. The van der Waals surface area contributed by atoms with Crippen LogP contribution in [0.15, 0.2) is 53.4 Å². The first kappa shape index (κ1) is 24.5. The molecule has 0 aliphatic carbocycles. The minimum absolute atomic E-state index is 0.00237. The van der Waals surface area contributed by atoms with Crippen molar-refractivity contribution in [2.45, 2.75) is 44.3 Å². The van der Waals surface area contributed by atoms with E-state index in [0.29, 0.717) is 17.0 Å². The monoisotopic (exact) mass is 479 g/mol. The van der Waals surface area contributed by atoms with Crippen LogP contribution in [0.25, 0.3) is 5.69 Å². The average molecular weight is 480 g/mol. The Morgan fingerprint density at radius 3 is 2.33 bits per heavy atom. The van der Waals surface area contributed by atoms with Gasteiger partial charge in [0.25, 0.3) is 0 Å². The number of sulfone groups is 1. The summed E-state index contributed by atoms with van der Waals surface area (Å²) < 4.78 is 63.8. The molecule has 1 N–H and O–H groups in total. The Labute approximate surface area is 190 Å². The van der Waals surface area contributed by atoms with E-state index in [1.54, 1.807) is 32.9 Å². The van der Waals surface area contributed by atoms with Crippen LogP contribution < -0.4 is 5.32 Å². The zero-order valence-corrected chi connectivity index (χ0v) is 19.4. The molecule has 0 aliphatic rings. The summed E-state index contributed by atoms with van der Waals surface area (Å²) in [7, 11) is -3.31. The molecule has 1 unspecified atom stereocenters. The number of halogens is 3. The van der Waals surface area contributed by atoms with E-state index in [2.05, 4.69) is 10.4 Å². The highest BCUT2D eigenvalue weighted by atomic mass is 32.2. The first-order valence-corrected chi connectivity index (χ1v) is 12.0. The minimum Gasteiger partial charge on any atom is -0.349 e. The lowest BCUT2D eigenvalue weighted by Crippen LogP contribution is -2.28. The summed E-state index contributed by atoms with van der Waals surface area (Å²) >= 11 is 0. The fraction of sp³-hybridized carbons (Fsp3) is 0.304. The topological polar surface area (TPSA) is 81.1 Å². The Balaban J connectivity index is 1.76. The van der Waals surface area contributed by atoms with Gasteiger partial charge in [0, 0.05) is 17.5 Å². The lowest BCUT2D eigenvalue weighted by atomic mass is 10.1. The molecule has 0 saturated carbocycles. The van der Waals surface area contributed by atoms with Crippen LogP contribution in [0.2, 0.25) is 0 Å². The number of nitrogens with one attached hydrogen (secondary N) is 1. The van der Waals surface area contributed by atoms with Crippen LogP contribution in [0.5, 0.6) is 0 Å². The molecule has 10 heteroatoms.